The zero-order valence-electron chi connectivity index (χ0n) is 26.9. The Labute approximate surface area is 269 Å². The van der Waals surface area contributed by atoms with Gasteiger partial charge in [0.05, 0.1) is 42.9 Å². The molecule has 1 saturated carbocycles. The van der Waals surface area contributed by atoms with Crippen LogP contribution in [0.5, 0.6) is 0 Å². The number of morpholine rings is 1. The van der Waals surface area contributed by atoms with Gasteiger partial charge >= 0.3 is 0 Å². The van der Waals surface area contributed by atoms with E-state index >= 15 is 4.39 Å². The Morgan fingerprint density at radius 3 is 2.54 bits per heavy atom. The van der Waals surface area contributed by atoms with E-state index in [1.165, 1.54) is 12.3 Å². The van der Waals surface area contributed by atoms with Crippen LogP contribution < -0.4 is 5.32 Å². The van der Waals surface area contributed by atoms with Gasteiger partial charge in [0.15, 0.2) is 0 Å². The van der Waals surface area contributed by atoms with E-state index in [0.717, 1.165) is 51.5 Å². The molecule has 4 atom stereocenters. The van der Waals surface area contributed by atoms with Crippen LogP contribution in [0.4, 0.5) is 10.1 Å². The van der Waals surface area contributed by atoms with E-state index in [9.17, 15) is 14.4 Å². The Morgan fingerprint density at radius 2 is 1.80 bits per heavy atom. The van der Waals surface area contributed by atoms with Crippen molar-refractivity contribution < 1.29 is 32.7 Å². The number of carbonyl (C=O) groups excluding carboxylic acids is 3. The van der Waals surface area contributed by atoms with E-state index in [1.54, 1.807) is 25.1 Å². The van der Waals surface area contributed by atoms with E-state index in [0.29, 0.717) is 40.9 Å². The fraction of sp³-hybridized carbons (Fsp3) is 0.528. The second kappa shape index (κ2) is 14.0. The number of hydrogen-bond donors (Lipinski definition) is 1. The van der Waals surface area contributed by atoms with Crippen molar-refractivity contribution in [3.05, 3.63) is 65.2 Å². The number of rotatable bonds is 9. The second-order valence-electron chi connectivity index (χ2n) is 13.3. The van der Waals surface area contributed by atoms with E-state index in [-0.39, 0.29) is 54.2 Å². The molecule has 1 aliphatic carbocycles. The summed E-state index contributed by atoms with van der Waals surface area (Å²) in [5.41, 5.74) is 2.26. The normalized spacial score (nSPS) is 27.2. The number of ether oxygens (including phenoxy) is 2. The van der Waals surface area contributed by atoms with Gasteiger partial charge in [0.1, 0.15) is 23.9 Å². The minimum absolute atomic E-state index is 0.0820. The fourth-order valence-electron chi connectivity index (χ4n) is 7.39. The number of fused-ring (bicyclic) bond motifs is 1. The number of amides is 2. The van der Waals surface area contributed by atoms with Gasteiger partial charge in [-0.1, -0.05) is 24.3 Å². The average Bonchev–Trinajstić information content (AvgIpc) is 3.67. The van der Waals surface area contributed by atoms with Gasteiger partial charge in [0, 0.05) is 42.7 Å². The van der Waals surface area contributed by atoms with E-state index in [4.69, 9.17) is 13.9 Å². The molecule has 46 heavy (non-hydrogen) atoms. The molecule has 9 nitrogen and oxygen atoms in total. The second-order valence-corrected chi connectivity index (χ2v) is 13.3. The first kappa shape index (κ1) is 32.3. The molecule has 3 heterocycles. The van der Waals surface area contributed by atoms with Crippen molar-refractivity contribution in [1.82, 2.24) is 9.80 Å². The number of aldehydes is 1. The third kappa shape index (κ3) is 7.19. The lowest BCUT2D eigenvalue weighted by atomic mass is 9.88. The van der Waals surface area contributed by atoms with Gasteiger partial charge in [-0.15, -0.1) is 0 Å². The summed E-state index contributed by atoms with van der Waals surface area (Å²) in [6.07, 6.45) is 6.80. The molecule has 0 unspecified atom stereocenters. The minimum atomic E-state index is -0.544. The molecule has 3 fully saturated rings. The number of carbonyl (C=O) groups is 3. The highest BCUT2D eigenvalue weighted by molar-refractivity contribution is 6.12. The number of likely N-dealkylation sites (tertiary alicyclic amines) is 1. The molecule has 246 valence electrons. The number of anilines is 1. The summed E-state index contributed by atoms with van der Waals surface area (Å²) in [4.78, 5) is 42.4. The molecule has 1 aromatic heterocycles. The molecule has 2 saturated heterocycles. The highest BCUT2D eigenvalue weighted by Gasteiger charge is 2.40. The molecule has 6 rings (SSSR count). The van der Waals surface area contributed by atoms with Gasteiger partial charge < -0.3 is 28.9 Å². The number of hydrogen-bond acceptors (Lipinski definition) is 7. The molecule has 0 radical (unpaired) electrons. The summed E-state index contributed by atoms with van der Waals surface area (Å²) >= 11 is 0. The summed E-state index contributed by atoms with van der Waals surface area (Å²) in [5, 5.41) is 3.48. The van der Waals surface area contributed by atoms with Crippen LogP contribution in [-0.2, 0) is 25.5 Å². The Bertz CT molecular complexity index is 1560. The number of benzene rings is 2. The first-order chi connectivity index (χ1) is 22.2. The molecule has 0 spiro atoms. The Kier molecular flexibility index (Phi) is 9.86. The SMILES string of the molecule is Cc1cc(CC(=O)N2C[C@@H](N3C[C@@H](C)O[C@@H](C)C3)C[C@H]2COC2CCC(C=O)CC2)c(F)cc1NC(=O)c1coc2ccccc12. The molecular weight excluding hydrogens is 589 g/mol. The van der Waals surface area contributed by atoms with Gasteiger partial charge in [-0.3, -0.25) is 14.5 Å². The van der Waals surface area contributed by atoms with Crippen molar-refractivity contribution in [2.75, 3.05) is 31.6 Å². The predicted molar refractivity (Wildman–Crippen MR) is 172 cm³/mol. The van der Waals surface area contributed by atoms with Crippen LogP contribution in [-0.4, -0.2) is 84.5 Å². The molecule has 0 bridgehead atoms. The molecular formula is C36H44FN3O6. The summed E-state index contributed by atoms with van der Waals surface area (Å²) < 4.78 is 33.3. The van der Waals surface area contributed by atoms with Gasteiger partial charge in [0.25, 0.3) is 5.91 Å². The summed E-state index contributed by atoms with van der Waals surface area (Å²) in [6.45, 7) is 8.52. The molecule has 3 aliphatic rings. The Hall–Kier alpha value is -3.60. The lowest BCUT2D eigenvalue weighted by Gasteiger charge is -2.38. The topological polar surface area (TPSA) is 101 Å². The maximum absolute atomic E-state index is 15.5. The van der Waals surface area contributed by atoms with Crippen LogP contribution in [0.3, 0.4) is 0 Å². The van der Waals surface area contributed by atoms with Crippen LogP contribution in [0.25, 0.3) is 11.0 Å². The Balaban J connectivity index is 1.14. The van der Waals surface area contributed by atoms with Crippen LogP contribution >= 0.6 is 0 Å². The van der Waals surface area contributed by atoms with Crippen LogP contribution in [0, 0.1) is 18.7 Å². The summed E-state index contributed by atoms with van der Waals surface area (Å²) in [6, 6.07) is 10.2. The molecule has 1 N–H and O–H groups in total. The van der Waals surface area contributed by atoms with Crippen molar-refractivity contribution in [3.63, 3.8) is 0 Å². The Morgan fingerprint density at radius 1 is 1.07 bits per heavy atom. The zero-order chi connectivity index (χ0) is 32.4. The van der Waals surface area contributed by atoms with Crippen LogP contribution in [0.2, 0.25) is 0 Å². The number of para-hydroxylation sites is 1. The number of nitrogens with one attached hydrogen (secondary N) is 1. The van der Waals surface area contributed by atoms with Crippen molar-refractivity contribution >= 4 is 34.8 Å². The van der Waals surface area contributed by atoms with Crippen LogP contribution in [0.15, 0.2) is 47.1 Å². The zero-order valence-corrected chi connectivity index (χ0v) is 26.9. The average molecular weight is 634 g/mol. The number of nitrogens with zero attached hydrogens (tertiary/aromatic N) is 2. The molecule has 3 aromatic rings. The summed E-state index contributed by atoms with van der Waals surface area (Å²) in [5.74, 6) is -0.969. The third-order valence-electron chi connectivity index (χ3n) is 9.82. The largest absolute Gasteiger partial charge is 0.463 e. The number of furan rings is 1. The van der Waals surface area contributed by atoms with E-state index in [1.807, 2.05) is 17.0 Å². The lowest BCUT2D eigenvalue weighted by molar-refractivity contribution is -0.133. The van der Waals surface area contributed by atoms with Gasteiger partial charge in [0.2, 0.25) is 5.91 Å². The highest BCUT2D eigenvalue weighted by atomic mass is 19.1. The molecule has 2 amide bonds. The van der Waals surface area contributed by atoms with Crippen molar-refractivity contribution in [2.45, 2.75) is 89.7 Å². The lowest BCUT2D eigenvalue weighted by Crippen LogP contribution is -2.51. The number of aryl methyl sites for hydroxylation is 1. The molecule has 10 heteroatoms. The molecule has 2 aromatic carbocycles. The summed E-state index contributed by atoms with van der Waals surface area (Å²) in [7, 11) is 0. The first-order valence-electron chi connectivity index (χ1n) is 16.5. The standard InChI is InChI=1S/C36H44FN3O6/c1-22-12-26(32(37)15-33(22)38-36(43)31-21-45-34-7-5-4-6-30(31)34)13-35(42)40-18-27(39-16-23(2)46-24(3)17-39)14-28(40)20-44-29-10-8-25(19-41)9-11-29/h4-7,12,15,19,21,23-25,27-29H,8-11,13-14,16-18,20H2,1-3H3,(H,38,43)/t23-,24+,25?,27-,28-,29?/m0/s1. The fourth-order valence-corrected chi connectivity index (χ4v) is 7.39. The van der Waals surface area contributed by atoms with Gasteiger partial charge in [-0.25, -0.2) is 4.39 Å². The quantitative estimate of drug-likeness (QED) is 0.310. The van der Waals surface area contributed by atoms with Crippen molar-refractivity contribution in [3.8, 4) is 0 Å². The predicted octanol–water partition coefficient (Wildman–Crippen LogP) is 5.53. The number of halogens is 1. The van der Waals surface area contributed by atoms with Crippen molar-refractivity contribution in [1.29, 1.82) is 0 Å². The van der Waals surface area contributed by atoms with E-state index < -0.39 is 11.7 Å². The third-order valence-corrected chi connectivity index (χ3v) is 9.82. The van der Waals surface area contributed by atoms with Gasteiger partial charge in [-0.2, -0.15) is 0 Å². The smallest absolute Gasteiger partial charge is 0.259 e. The van der Waals surface area contributed by atoms with Crippen molar-refractivity contribution in [2.24, 2.45) is 5.92 Å². The maximum Gasteiger partial charge on any atom is 0.259 e. The van der Waals surface area contributed by atoms with Gasteiger partial charge in [-0.05, 0) is 76.1 Å². The van der Waals surface area contributed by atoms with E-state index in [2.05, 4.69) is 24.1 Å². The maximum atomic E-state index is 15.5. The minimum Gasteiger partial charge on any atom is -0.463 e. The monoisotopic (exact) mass is 633 g/mol. The van der Waals surface area contributed by atoms with Crippen LogP contribution in [0.1, 0.15) is 67.4 Å². The first-order valence-corrected chi connectivity index (χ1v) is 16.5. The molecule has 2 aliphatic heterocycles. The highest BCUT2D eigenvalue weighted by Crippen LogP contribution is 2.30.